The fourth-order valence-electron chi connectivity index (χ4n) is 2.72. The number of ether oxygens (including phenoxy) is 1. The number of hydrogen-bond acceptors (Lipinski definition) is 4. The van der Waals surface area contributed by atoms with Gasteiger partial charge in [0.2, 0.25) is 0 Å². The van der Waals surface area contributed by atoms with E-state index in [1.807, 2.05) is 0 Å². The molecule has 1 aliphatic rings. The predicted octanol–water partition coefficient (Wildman–Crippen LogP) is 3.71. The van der Waals surface area contributed by atoms with Crippen molar-refractivity contribution < 1.29 is 18.3 Å². The van der Waals surface area contributed by atoms with Crippen molar-refractivity contribution in [2.45, 2.75) is 45.1 Å². The van der Waals surface area contributed by atoms with E-state index < -0.39 is 17.6 Å². The van der Waals surface area contributed by atoms with Gasteiger partial charge in [0.25, 0.3) is 0 Å². The minimum absolute atomic E-state index is 0.0593. The van der Waals surface area contributed by atoms with Gasteiger partial charge in [0, 0.05) is 12.1 Å². The summed E-state index contributed by atoms with van der Waals surface area (Å²) in [5.74, 6) is -2.56. The van der Waals surface area contributed by atoms with Crippen molar-refractivity contribution in [1.29, 1.82) is 0 Å². The number of carbonyl (C=O) groups excluding carboxylic acids is 1. The van der Waals surface area contributed by atoms with E-state index >= 15 is 0 Å². The van der Waals surface area contributed by atoms with Gasteiger partial charge >= 0.3 is 5.97 Å². The van der Waals surface area contributed by atoms with Gasteiger partial charge in [0.1, 0.15) is 6.10 Å². The van der Waals surface area contributed by atoms with Gasteiger partial charge in [-0.1, -0.05) is 6.42 Å². The Balaban J connectivity index is 1.90. The van der Waals surface area contributed by atoms with Crippen LogP contribution in [0.5, 0.6) is 0 Å². The molecule has 3 rings (SSSR count). The number of hydrogen-bond donors (Lipinski definition) is 0. The van der Waals surface area contributed by atoms with Gasteiger partial charge in [-0.3, -0.25) is 0 Å². The number of aryl methyl sites for hydroxylation is 1. The van der Waals surface area contributed by atoms with E-state index in [1.165, 1.54) is 0 Å². The molecule has 1 fully saturated rings. The Morgan fingerprint density at radius 1 is 1.09 bits per heavy atom. The minimum Gasteiger partial charge on any atom is -0.458 e. The summed E-state index contributed by atoms with van der Waals surface area (Å²) >= 11 is 0. The zero-order chi connectivity index (χ0) is 15.7. The second-order valence-electron chi connectivity index (χ2n) is 5.58. The second kappa shape index (κ2) is 5.94. The molecular formula is C16H16F2N2O2. The van der Waals surface area contributed by atoms with Gasteiger partial charge in [-0.25, -0.2) is 23.5 Å². The number of rotatable bonds is 2. The minimum atomic E-state index is -1.02. The molecule has 0 amide bonds. The normalized spacial score (nSPS) is 16.0. The number of esters is 1. The molecule has 0 spiro atoms. The van der Waals surface area contributed by atoms with Crippen molar-refractivity contribution in [3.63, 3.8) is 0 Å². The zero-order valence-electron chi connectivity index (χ0n) is 12.2. The molecule has 1 aliphatic carbocycles. The Morgan fingerprint density at radius 2 is 1.68 bits per heavy atom. The third kappa shape index (κ3) is 2.91. The SMILES string of the molecule is Cc1nc2cc(F)c(F)cc2nc1C(=O)OC1CCCCC1. The number of benzene rings is 1. The van der Waals surface area contributed by atoms with Crippen molar-refractivity contribution in [1.82, 2.24) is 9.97 Å². The fourth-order valence-corrected chi connectivity index (χ4v) is 2.72. The lowest BCUT2D eigenvalue weighted by Crippen LogP contribution is -2.22. The lowest BCUT2D eigenvalue weighted by atomic mass is 9.98. The molecule has 2 aromatic rings. The van der Waals surface area contributed by atoms with Crippen molar-refractivity contribution >= 4 is 17.0 Å². The van der Waals surface area contributed by atoms with E-state index in [-0.39, 0.29) is 22.8 Å². The highest BCUT2D eigenvalue weighted by Crippen LogP contribution is 2.22. The standard InChI is InChI=1S/C16H16F2N2O2/c1-9-15(16(21)22-10-5-3-2-4-6-10)20-14-8-12(18)11(17)7-13(14)19-9/h7-8,10H,2-6H2,1H3. The first kappa shape index (κ1) is 14.8. The summed E-state index contributed by atoms with van der Waals surface area (Å²) in [5, 5.41) is 0. The van der Waals surface area contributed by atoms with Crippen LogP contribution >= 0.6 is 0 Å². The smallest absolute Gasteiger partial charge is 0.359 e. The van der Waals surface area contributed by atoms with Crippen LogP contribution in [-0.2, 0) is 4.74 Å². The first-order valence-corrected chi connectivity index (χ1v) is 7.39. The van der Waals surface area contributed by atoms with Crippen LogP contribution in [0.25, 0.3) is 11.0 Å². The summed E-state index contributed by atoms with van der Waals surface area (Å²) in [5.41, 5.74) is 0.758. The van der Waals surface area contributed by atoms with Crippen molar-refractivity contribution in [2.24, 2.45) is 0 Å². The Kier molecular flexibility index (Phi) is 4.00. The van der Waals surface area contributed by atoms with Crippen LogP contribution in [-0.4, -0.2) is 22.0 Å². The van der Waals surface area contributed by atoms with Gasteiger partial charge in [-0.15, -0.1) is 0 Å². The number of carbonyl (C=O) groups is 1. The average molecular weight is 306 g/mol. The van der Waals surface area contributed by atoms with E-state index in [9.17, 15) is 13.6 Å². The van der Waals surface area contributed by atoms with Crippen LogP contribution in [0, 0.1) is 18.6 Å². The van der Waals surface area contributed by atoms with Gasteiger partial charge in [0.05, 0.1) is 16.7 Å². The number of aromatic nitrogens is 2. The largest absolute Gasteiger partial charge is 0.458 e. The molecule has 1 saturated carbocycles. The fraction of sp³-hybridized carbons (Fsp3) is 0.438. The molecule has 1 aromatic heterocycles. The first-order valence-electron chi connectivity index (χ1n) is 7.39. The maximum absolute atomic E-state index is 13.3. The average Bonchev–Trinajstić information content (AvgIpc) is 2.49. The number of nitrogens with zero attached hydrogens (tertiary/aromatic N) is 2. The van der Waals surface area contributed by atoms with Gasteiger partial charge in [-0.05, 0) is 32.6 Å². The van der Waals surface area contributed by atoms with Crippen molar-refractivity contribution in [2.75, 3.05) is 0 Å². The molecule has 0 unspecified atom stereocenters. The molecule has 1 heterocycles. The van der Waals surface area contributed by atoms with E-state index in [2.05, 4.69) is 9.97 Å². The number of halogens is 2. The molecule has 6 heteroatoms. The quantitative estimate of drug-likeness (QED) is 0.794. The zero-order valence-corrected chi connectivity index (χ0v) is 12.2. The summed E-state index contributed by atoms with van der Waals surface area (Å²) in [6.07, 6.45) is 4.86. The lowest BCUT2D eigenvalue weighted by molar-refractivity contribution is 0.0203. The van der Waals surface area contributed by atoms with Gasteiger partial charge in [0.15, 0.2) is 17.3 Å². The van der Waals surface area contributed by atoms with Crippen LogP contribution < -0.4 is 0 Å². The van der Waals surface area contributed by atoms with E-state index in [0.717, 1.165) is 44.2 Å². The van der Waals surface area contributed by atoms with Crippen LogP contribution in [0.2, 0.25) is 0 Å². The Bertz CT molecular complexity index is 728. The summed E-state index contributed by atoms with van der Waals surface area (Å²) < 4.78 is 32.0. The Morgan fingerprint density at radius 3 is 2.32 bits per heavy atom. The molecule has 0 atom stereocenters. The molecule has 0 aliphatic heterocycles. The maximum atomic E-state index is 13.3. The highest BCUT2D eigenvalue weighted by Gasteiger charge is 2.22. The van der Waals surface area contributed by atoms with Crippen LogP contribution in [0.15, 0.2) is 12.1 Å². The topological polar surface area (TPSA) is 52.1 Å². The Hall–Kier alpha value is -2.11. The molecule has 4 nitrogen and oxygen atoms in total. The first-order chi connectivity index (χ1) is 10.5. The lowest BCUT2D eigenvalue weighted by Gasteiger charge is -2.21. The molecular weight excluding hydrogens is 290 g/mol. The summed E-state index contributed by atoms with van der Waals surface area (Å²) in [7, 11) is 0. The molecule has 0 saturated heterocycles. The molecule has 22 heavy (non-hydrogen) atoms. The second-order valence-corrected chi connectivity index (χ2v) is 5.58. The maximum Gasteiger partial charge on any atom is 0.359 e. The van der Waals surface area contributed by atoms with Crippen molar-refractivity contribution in [3.05, 3.63) is 35.2 Å². The van der Waals surface area contributed by atoms with Crippen molar-refractivity contribution in [3.8, 4) is 0 Å². The van der Waals surface area contributed by atoms with Gasteiger partial charge < -0.3 is 4.74 Å². The van der Waals surface area contributed by atoms with Crippen LogP contribution in [0.3, 0.4) is 0 Å². The summed E-state index contributed by atoms with van der Waals surface area (Å²) in [6, 6.07) is 1.91. The highest BCUT2D eigenvalue weighted by molar-refractivity contribution is 5.91. The van der Waals surface area contributed by atoms with Gasteiger partial charge in [-0.2, -0.15) is 0 Å². The van der Waals surface area contributed by atoms with Crippen LogP contribution in [0.4, 0.5) is 8.78 Å². The summed E-state index contributed by atoms with van der Waals surface area (Å²) in [6.45, 7) is 1.60. The molecule has 1 aromatic carbocycles. The third-order valence-corrected chi connectivity index (χ3v) is 3.90. The van der Waals surface area contributed by atoms with E-state index in [1.54, 1.807) is 6.92 Å². The molecule has 116 valence electrons. The third-order valence-electron chi connectivity index (χ3n) is 3.90. The van der Waals surface area contributed by atoms with Crippen LogP contribution in [0.1, 0.15) is 48.3 Å². The highest BCUT2D eigenvalue weighted by atomic mass is 19.2. The molecule has 0 radical (unpaired) electrons. The Labute approximate surface area is 126 Å². The molecule has 0 bridgehead atoms. The summed E-state index contributed by atoms with van der Waals surface area (Å²) in [4.78, 5) is 20.5. The predicted molar refractivity (Wildman–Crippen MR) is 76.5 cm³/mol. The van der Waals surface area contributed by atoms with E-state index in [0.29, 0.717) is 5.69 Å². The number of fused-ring (bicyclic) bond motifs is 1. The monoisotopic (exact) mass is 306 g/mol. The van der Waals surface area contributed by atoms with E-state index in [4.69, 9.17) is 4.74 Å². The molecule has 0 N–H and O–H groups in total.